The Morgan fingerprint density at radius 1 is 1.12 bits per heavy atom. The molecular formula is C19H19NO4. The molecule has 1 aliphatic heterocycles. The van der Waals surface area contributed by atoms with Crippen LogP contribution in [0, 0.1) is 0 Å². The quantitative estimate of drug-likeness (QED) is 0.855. The summed E-state index contributed by atoms with van der Waals surface area (Å²) >= 11 is 0. The van der Waals surface area contributed by atoms with E-state index in [1.165, 1.54) is 6.08 Å². The van der Waals surface area contributed by atoms with Gasteiger partial charge in [-0.2, -0.15) is 0 Å². The Morgan fingerprint density at radius 2 is 1.88 bits per heavy atom. The Bertz CT molecular complexity index is 738. The number of rotatable bonds is 5. The number of nitrogens with one attached hydrogen (secondary N) is 1. The zero-order valence-corrected chi connectivity index (χ0v) is 13.5. The van der Waals surface area contributed by atoms with Crippen LogP contribution in [0.25, 0.3) is 6.08 Å². The van der Waals surface area contributed by atoms with Crippen molar-refractivity contribution in [2.24, 2.45) is 0 Å². The molecule has 2 aromatic rings. The van der Waals surface area contributed by atoms with Crippen LogP contribution in [0.15, 0.2) is 48.5 Å². The van der Waals surface area contributed by atoms with Crippen molar-refractivity contribution < 1.29 is 19.0 Å². The van der Waals surface area contributed by atoms with Crippen LogP contribution in [0.1, 0.15) is 12.5 Å². The fourth-order valence-electron chi connectivity index (χ4n) is 2.32. The minimum absolute atomic E-state index is 0.208. The minimum Gasteiger partial charge on any atom is -0.494 e. The number of fused-ring (bicyclic) bond motifs is 1. The molecule has 1 aliphatic rings. The van der Waals surface area contributed by atoms with Crippen LogP contribution >= 0.6 is 0 Å². The molecule has 3 rings (SSSR count). The van der Waals surface area contributed by atoms with E-state index >= 15 is 0 Å². The molecule has 1 amide bonds. The second-order valence-electron chi connectivity index (χ2n) is 5.18. The molecule has 124 valence electrons. The van der Waals surface area contributed by atoms with E-state index in [4.69, 9.17) is 14.2 Å². The number of anilines is 1. The Hall–Kier alpha value is -2.95. The lowest BCUT2D eigenvalue weighted by atomic mass is 10.2. The van der Waals surface area contributed by atoms with Crippen LogP contribution in [0.4, 0.5) is 5.69 Å². The first-order valence-electron chi connectivity index (χ1n) is 7.86. The third-order valence-electron chi connectivity index (χ3n) is 3.43. The largest absolute Gasteiger partial charge is 0.494 e. The van der Waals surface area contributed by atoms with Crippen LogP contribution in [0.2, 0.25) is 0 Å². The molecule has 24 heavy (non-hydrogen) atoms. The van der Waals surface area contributed by atoms with Gasteiger partial charge in [0.05, 0.1) is 6.61 Å². The average Bonchev–Trinajstić information content (AvgIpc) is 2.61. The molecule has 5 nitrogen and oxygen atoms in total. The van der Waals surface area contributed by atoms with E-state index in [1.54, 1.807) is 24.3 Å². The Kier molecular flexibility index (Phi) is 5.01. The molecule has 0 aromatic heterocycles. The number of amides is 1. The van der Waals surface area contributed by atoms with Gasteiger partial charge in [-0.25, -0.2) is 0 Å². The monoisotopic (exact) mass is 325 g/mol. The first-order chi connectivity index (χ1) is 11.7. The smallest absolute Gasteiger partial charge is 0.248 e. The van der Waals surface area contributed by atoms with Crippen molar-refractivity contribution in [3.63, 3.8) is 0 Å². The van der Waals surface area contributed by atoms with Crippen LogP contribution in [0.5, 0.6) is 17.2 Å². The van der Waals surface area contributed by atoms with Gasteiger partial charge in [0.2, 0.25) is 5.91 Å². The predicted molar refractivity (Wildman–Crippen MR) is 92.7 cm³/mol. The minimum atomic E-state index is -0.208. The second-order valence-corrected chi connectivity index (χ2v) is 5.18. The number of carbonyl (C=O) groups excluding carboxylic acids is 1. The molecule has 0 bridgehead atoms. The number of hydrogen-bond donors (Lipinski definition) is 1. The van der Waals surface area contributed by atoms with E-state index in [1.807, 2.05) is 31.2 Å². The van der Waals surface area contributed by atoms with Crippen molar-refractivity contribution in [3.05, 3.63) is 54.1 Å². The zero-order valence-electron chi connectivity index (χ0n) is 13.5. The first-order valence-corrected chi connectivity index (χ1v) is 7.86. The topological polar surface area (TPSA) is 56.8 Å². The lowest BCUT2D eigenvalue weighted by molar-refractivity contribution is -0.111. The highest BCUT2D eigenvalue weighted by atomic mass is 16.6. The standard InChI is InChI=1S/C19H19NO4/c1-2-22-16-7-3-14(4-8-16)5-10-19(21)20-15-6-9-17-18(13-15)24-12-11-23-17/h3-10,13H,2,11-12H2,1H3,(H,20,21). The van der Waals surface area contributed by atoms with Crippen molar-refractivity contribution in [2.75, 3.05) is 25.1 Å². The fourth-order valence-corrected chi connectivity index (χ4v) is 2.32. The average molecular weight is 325 g/mol. The second kappa shape index (κ2) is 7.55. The van der Waals surface area contributed by atoms with Gasteiger partial charge in [0, 0.05) is 17.8 Å². The van der Waals surface area contributed by atoms with Crippen LogP contribution < -0.4 is 19.5 Å². The Morgan fingerprint density at radius 3 is 2.62 bits per heavy atom. The summed E-state index contributed by atoms with van der Waals surface area (Å²) in [4.78, 5) is 12.0. The molecule has 0 spiro atoms. The lowest BCUT2D eigenvalue weighted by Gasteiger charge is -2.18. The molecular weight excluding hydrogens is 306 g/mol. The summed E-state index contributed by atoms with van der Waals surface area (Å²) in [5.74, 6) is 1.95. The maximum Gasteiger partial charge on any atom is 0.248 e. The zero-order chi connectivity index (χ0) is 16.8. The van der Waals surface area contributed by atoms with Crippen molar-refractivity contribution in [2.45, 2.75) is 6.92 Å². The van der Waals surface area contributed by atoms with Gasteiger partial charge < -0.3 is 19.5 Å². The highest BCUT2D eigenvalue weighted by Gasteiger charge is 2.12. The van der Waals surface area contributed by atoms with E-state index in [2.05, 4.69) is 5.32 Å². The summed E-state index contributed by atoms with van der Waals surface area (Å²) in [7, 11) is 0. The van der Waals surface area contributed by atoms with Crippen molar-refractivity contribution in [1.29, 1.82) is 0 Å². The van der Waals surface area contributed by atoms with Crippen molar-refractivity contribution >= 4 is 17.7 Å². The molecule has 2 aromatic carbocycles. The maximum absolute atomic E-state index is 12.0. The van der Waals surface area contributed by atoms with Crippen molar-refractivity contribution in [3.8, 4) is 17.2 Å². The van der Waals surface area contributed by atoms with Gasteiger partial charge >= 0.3 is 0 Å². The van der Waals surface area contributed by atoms with Gasteiger partial charge in [-0.1, -0.05) is 12.1 Å². The number of carbonyl (C=O) groups is 1. The fraction of sp³-hybridized carbons (Fsp3) is 0.211. The van der Waals surface area contributed by atoms with Gasteiger partial charge in [0.25, 0.3) is 0 Å². The molecule has 5 heteroatoms. The van der Waals surface area contributed by atoms with Crippen molar-refractivity contribution in [1.82, 2.24) is 0 Å². The summed E-state index contributed by atoms with van der Waals surface area (Å²) < 4.78 is 16.3. The molecule has 0 saturated carbocycles. The van der Waals surface area contributed by atoms with E-state index in [9.17, 15) is 4.79 Å². The highest BCUT2D eigenvalue weighted by Crippen LogP contribution is 2.32. The summed E-state index contributed by atoms with van der Waals surface area (Å²) in [6, 6.07) is 12.9. The molecule has 1 N–H and O–H groups in total. The Balaban J connectivity index is 1.60. The summed E-state index contributed by atoms with van der Waals surface area (Å²) in [6.45, 7) is 3.63. The number of hydrogen-bond acceptors (Lipinski definition) is 4. The summed E-state index contributed by atoms with van der Waals surface area (Å²) in [5, 5.41) is 2.81. The molecule has 0 atom stereocenters. The molecule has 0 aliphatic carbocycles. The van der Waals surface area contributed by atoms with Gasteiger partial charge in [-0.05, 0) is 42.8 Å². The van der Waals surface area contributed by atoms with E-state index in [0.717, 1.165) is 11.3 Å². The third-order valence-corrected chi connectivity index (χ3v) is 3.43. The predicted octanol–water partition coefficient (Wildman–Crippen LogP) is 3.51. The number of ether oxygens (including phenoxy) is 3. The molecule has 0 radical (unpaired) electrons. The van der Waals surface area contributed by atoms with E-state index < -0.39 is 0 Å². The highest BCUT2D eigenvalue weighted by molar-refractivity contribution is 6.02. The SMILES string of the molecule is CCOc1ccc(C=CC(=O)Nc2ccc3c(c2)OCCO3)cc1. The van der Waals surface area contributed by atoms with Crippen LogP contribution in [0.3, 0.4) is 0 Å². The third kappa shape index (κ3) is 4.07. The van der Waals surface area contributed by atoms with E-state index in [0.29, 0.717) is 37.0 Å². The maximum atomic E-state index is 12.0. The summed E-state index contributed by atoms with van der Waals surface area (Å²) in [6.07, 6.45) is 3.25. The number of benzene rings is 2. The van der Waals surface area contributed by atoms with Gasteiger partial charge in [0.1, 0.15) is 19.0 Å². The molecule has 0 unspecified atom stereocenters. The molecule has 0 saturated heterocycles. The summed E-state index contributed by atoms with van der Waals surface area (Å²) in [5.41, 5.74) is 1.59. The molecule has 1 heterocycles. The first kappa shape index (κ1) is 15.9. The van der Waals surface area contributed by atoms with Gasteiger partial charge in [-0.15, -0.1) is 0 Å². The van der Waals surface area contributed by atoms with Crippen LogP contribution in [-0.2, 0) is 4.79 Å². The molecule has 0 fully saturated rings. The van der Waals surface area contributed by atoms with Gasteiger partial charge in [0.15, 0.2) is 11.5 Å². The normalized spacial score (nSPS) is 12.9. The Labute approximate surface area is 140 Å². The lowest BCUT2D eigenvalue weighted by Crippen LogP contribution is -2.16. The van der Waals surface area contributed by atoms with Gasteiger partial charge in [-0.3, -0.25) is 4.79 Å². The van der Waals surface area contributed by atoms with E-state index in [-0.39, 0.29) is 5.91 Å². The van der Waals surface area contributed by atoms with Crippen LogP contribution in [-0.4, -0.2) is 25.7 Å².